The average molecular weight is 444 g/mol. The number of pyridine rings is 2. The van der Waals surface area contributed by atoms with Crippen molar-refractivity contribution < 1.29 is 24.8 Å². The van der Waals surface area contributed by atoms with Gasteiger partial charge in [-0.1, -0.05) is 13.3 Å². The number of halogens is 5. The van der Waals surface area contributed by atoms with Gasteiger partial charge in [-0.3, -0.25) is 5.10 Å². The van der Waals surface area contributed by atoms with E-state index < -0.39 is 36.4 Å². The summed E-state index contributed by atoms with van der Waals surface area (Å²) in [6.07, 6.45) is -1.76. The third-order valence-corrected chi connectivity index (χ3v) is 5.23. The molecule has 0 unspecified atom stereocenters. The van der Waals surface area contributed by atoms with Crippen LogP contribution in [0.2, 0.25) is 0 Å². The van der Waals surface area contributed by atoms with Crippen LogP contribution < -0.4 is 10.2 Å². The van der Waals surface area contributed by atoms with Crippen molar-refractivity contribution in [3.8, 4) is 11.4 Å². The van der Waals surface area contributed by atoms with Gasteiger partial charge in [0.05, 0.1) is 24.3 Å². The number of nitrogens with zero attached hydrogens (tertiary/aromatic N) is 4. The number of fused-ring (bicyclic) bond motifs is 1. The number of H-pyrrole nitrogens is 1. The minimum absolute atomic E-state index is 0. The molecule has 0 aliphatic carbocycles. The fraction of sp³-hybridized carbons (Fsp3) is 0.450. The Bertz CT molecular complexity index is 1070. The molecule has 4 heterocycles. The smallest absolute Gasteiger partial charge is 0.349 e. The quantitative estimate of drug-likeness (QED) is 0.569. The van der Waals surface area contributed by atoms with E-state index in [4.69, 9.17) is 0 Å². The zero-order valence-corrected chi connectivity index (χ0v) is 16.7. The molecule has 31 heavy (non-hydrogen) atoms. The Morgan fingerprint density at radius 3 is 2.81 bits per heavy atom. The molecule has 1 atom stereocenters. The summed E-state index contributed by atoms with van der Waals surface area (Å²) in [5.41, 5.74) is -1.09. The SMILES string of the molecule is CCC[C@H]1CN(c2ccc(C(F)(F)F)c(-c3[nH]nc4ncccc34)n2)CC(F)(F)CN1.[HH].[HH]. The van der Waals surface area contributed by atoms with E-state index >= 15 is 0 Å². The van der Waals surface area contributed by atoms with Gasteiger partial charge in [-0.25, -0.2) is 18.7 Å². The lowest BCUT2D eigenvalue weighted by Gasteiger charge is -2.27. The summed E-state index contributed by atoms with van der Waals surface area (Å²) in [6, 6.07) is 4.97. The summed E-state index contributed by atoms with van der Waals surface area (Å²) < 4.78 is 69.9. The second kappa shape index (κ2) is 8.03. The van der Waals surface area contributed by atoms with Gasteiger partial charge in [0.2, 0.25) is 0 Å². The number of aromatic nitrogens is 4. The number of anilines is 1. The number of alkyl halides is 5. The maximum Gasteiger partial charge on any atom is 0.418 e. The van der Waals surface area contributed by atoms with Crippen LogP contribution in [0.3, 0.4) is 0 Å². The van der Waals surface area contributed by atoms with Gasteiger partial charge in [0.1, 0.15) is 11.5 Å². The molecule has 1 aliphatic heterocycles. The van der Waals surface area contributed by atoms with E-state index in [-0.39, 0.29) is 32.6 Å². The van der Waals surface area contributed by atoms with Gasteiger partial charge in [0.25, 0.3) is 5.92 Å². The first-order chi connectivity index (χ1) is 14.7. The molecule has 0 spiro atoms. The maximum absolute atomic E-state index is 14.3. The number of rotatable bonds is 4. The second-order valence-corrected chi connectivity index (χ2v) is 7.64. The zero-order chi connectivity index (χ0) is 22.2. The highest BCUT2D eigenvalue weighted by Gasteiger charge is 2.39. The van der Waals surface area contributed by atoms with Crippen molar-refractivity contribution in [3.05, 3.63) is 36.0 Å². The van der Waals surface area contributed by atoms with Crippen molar-refractivity contribution in [1.82, 2.24) is 25.5 Å². The van der Waals surface area contributed by atoms with E-state index in [0.717, 1.165) is 18.6 Å². The Kier molecular flexibility index (Phi) is 5.54. The van der Waals surface area contributed by atoms with Gasteiger partial charge in [0.15, 0.2) is 5.65 Å². The summed E-state index contributed by atoms with van der Waals surface area (Å²) in [5, 5.41) is 9.74. The lowest BCUT2D eigenvalue weighted by Crippen LogP contribution is -2.38. The van der Waals surface area contributed by atoms with Crippen LogP contribution in [0.5, 0.6) is 0 Å². The standard InChI is InChI=1S/C20H21F5N6.2H2/c1-2-4-12-9-31(11-19(21,22)10-27-12)15-7-6-14(20(23,24)25)17(28-15)16-13-5-3-8-26-18(13)30-29-16;;/h3,5-8,12,27H,2,4,9-11H2,1H3,(H,26,29,30);2*1H/t12-;;/m0../s1. The lowest BCUT2D eigenvalue weighted by molar-refractivity contribution is -0.137. The second-order valence-electron chi connectivity index (χ2n) is 7.64. The van der Waals surface area contributed by atoms with Crippen molar-refractivity contribution in [1.29, 1.82) is 0 Å². The van der Waals surface area contributed by atoms with Crippen molar-refractivity contribution in [2.24, 2.45) is 0 Å². The van der Waals surface area contributed by atoms with Crippen LogP contribution in [0.25, 0.3) is 22.4 Å². The van der Waals surface area contributed by atoms with Crippen LogP contribution >= 0.6 is 0 Å². The van der Waals surface area contributed by atoms with Crippen molar-refractivity contribution in [3.63, 3.8) is 0 Å². The van der Waals surface area contributed by atoms with Gasteiger partial charge in [-0.15, -0.1) is 0 Å². The predicted octanol–water partition coefficient (Wildman–Crippen LogP) is 4.74. The highest BCUT2D eigenvalue weighted by atomic mass is 19.4. The maximum atomic E-state index is 14.3. The van der Waals surface area contributed by atoms with Crippen LogP contribution in [-0.4, -0.2) is 51.8 Å². The molecule has 2 N–H and O–H groups in total. The first-order valence-electron chi connectivity index (χ1n) is 9.92. The molecule has 11 heteroatoms. The van der Waals surface area contributed by atoms with Gasteiger partial charge in [-0.05, 0) is 30.7 Å². The first-order valence-corrected chi connectivity index (χ1v) is 9.92. The largest absolute Gasteiger partial charge is 0.418 e. The molecule has 170 valence electrons. The van der Waals surface area contributed by atoms with Gasteiger partial charge in [0, 0.05) is 27.0 Å². The molecule has 1 fully saturated rings. The van der Waals surface area contributed by atoms with Gasteiger partial charge >= 0.3 is 6.18 Å². The fourth-order valence-electron chi connectivity index (χ4n) is 3.82. The van der Waals surface area contributed by atoms with Gasteiger partial charge in [-0.2, -0.15) is 18.3 Å². The molecule has 0 radical (unpaired) electrons. The summed E-state index contributed by atoms with van der Waals surface area (Å²) in [7, 11) is 0. The lowest BCUT2D eigenvalue weighted by atomic mass is 10.1. The third kappa shape index (κ3) is 4.46. The Morgan fingerprint density at radius 1 is 1.26 bits per heavy atom. The molecule has 1 aliphatic rings. The molecule has 0 amide bonds. The Morgan fingerprint density at radius 2 is 2.06 bits per heavy atom. The van der Waals surface area contributed by atoms with E-state index in [0.29, 0.717) is 11.8 Å². The molecule has 0 bridgehead atoms. The number of hydrogen-bond donors (Lipinski definition) is 2. The molecular formula is C20H25F5N6. The van der Waals surface area contributed by atoms with Crippen molar-refractivity contribution in [2.45, 2.75) is 37.9 Å². The molecular weight excluding hydrogens is 419 g/mol. The highest BCUT2D eigenvalue weighted by molar-refractivity contribution is 5.90. The molecule has 0 saturated carbocycles. The fourth-order valence-corrected chi connectivity index (χ4v) is 3.82. The Labute approximate surface area is 177 Å². The predicted molar refractivity (Wildman–Crippen MR) is 110 cm³/mol. The highest BCUT2D eigenvalue weighted by Crippen LogP contribution is 2.39. The minimum Gasteiger partial charge on any atom is -0.349 e. The summed E-state index contributed by atoms with van der Waals surface area (Å²) in [4.78, 5) is 9.58. The van der Waals surface area contributed by atoms with Crippen molar-refractivity contribution in [2.75, 3.05) is 24.5 Å². The van der Waals surface area contributed by atoms with E-state index in [2.05, 4.69) is 25.5 Å². The Hall–Kier alpha value is -2.82. The van der Waals surface area contributed by atoms with Gasteiger partial charge < -0.3 is 10.2 Å². The van der Waals surface area contributed by atoms with Crippen LogP contribution in [0, 0.1) is 0 Å². The average Bonchev–Trinajstić information content (AvgIpc) is 3.07. The number of aromatic amines is 1. The monoisotopic (exact) mass is 444 g/mol. The van der Waals surface area contributed by atoms with Crippen molar-refractivity contribution >= 4 is 16.9 Å². The van der Waals surface area contributed by atoms with Crippen LogP contribution in [0.15, 0.2) is 30.5 Å². The molecule has 3 aromatic rings. The first kappa shape index (κ1) is 21.4. The normalized spacial score (nSPS) is 19.5. The molecule has 0 aromatic carbocycles. The molecule has 4 rings (SSSR count). The Balaban J connectivity index is 0.00000193. The zero-order valence-electron chi connectivity index (χ0n) is 16.7. The topological polar surface area (TPSA) is 69.7 Å². The van der Waals surface area contributed by atoms with E-state index in [1.54, 1.807) is 12.1 Å². The van der Waals surface area contributed by atoms with Crippen LogP contribution in [0.1, 0.15) is 28.2 Å². The molecule has 1 saturated heterocycles. The number of nitrogens with one attached hydrogen (secondary N) is 2. The summed E-state index contributed by atoms with van der Waals surface area (Å²) in [6.45, 7) is 1.04. The van der Waals surface area contributed by atoms with Crippen LogP contribution in [0.4, 0.5) is 27.8 Å². The molecule has 6 nitrogen and oxygen atoms in total. The summed E-state index contributed by atoms with van der Waals surface area (Å²) in [5.74, 6) is -2.99. The van der Waals surface area contributed by atoms with Crippen LogP contribution in [-0.2, 0) is 6.18 Å². The minimum atomic E-state index is -4.68. The number of hydrogen-bond acceptors (Lipinski definition) is 5. The van der Waals surface area contributed by atoms with E-state index in [1.165, 1.54) is 11.1 Å². The van der Waals surface area contributed by atoms with E-state index in [9.17, 15) is 22.0 Å². The van der Waals surface area contributed by atoms with E-state index in [1.807, 2.05) is 6.92 Å². The summed E-state index contributed by atoms with van der Waals surface area (Å²) >= 11 is 0. The molecule has 3 aromatic heterocycles. The third-order valence-electron chi connectivity index (χ3n) is 5.23.